The number of nitrogens with two attached hydrogens (primary N) is 1. The second-order valence-corrected chi connectivity index (χ2v) is 7.89. The number of fused-ring (bicyclic) bond motifs is 1. The molecule has 0 fully saturated rings. The highest BCUT2D eigenvalue weighted by atomic mass is 32.1. The van der Waals surface area contributed by atoms with Gasteiger partial charge in [-0.2, -0.15) is 0 Å². The number of hydrogen-bond donors (Lipinski definition) is 2. The Morgan fingerprint density at radius 3 is 2.64 bits per heavy atom. The first kappa shape index (κ1) is 17.7. The van der Waals surface area contributed by atoms with Crippen LogP contribution < -0.4 is 11.1 Å². The van der Waals surface area contributed by atoms with Gasteiger partial charge < -0.3 is 11.1 Å². The Bertz CT molecular complexity index is 793. The van der Waals surface area contributed by atoms with Gasteiger partial charge in [-0.3, -0.25) is 9.59 Å². The number of nitrogens with one attached hydrogen (secondary N) is 1. The lowest BCUT2D eigenvalue weighted by atomic mass is 9.84. The topological polar surface area (TPSA) is 72.2 Å². The summed E-state index contributed by atoms with van der Waals surface area (Å²) in [6, 6.07) is 7.39. The molecule has 3 rings (SSSR count). The van der Waals surface area contributed by atoms with E-state index in [0.29, 0.717) is 22.0 Å². The highest BCUT2D eigenvalue weighted by Crippen LogP contribution is 2.40. The smallest absolute Gasteiger partial charge is 0.256 e. The largest absolute Gasteiger partial charge is 0.365 e. The maximum Gasteiger partial charge on any atom is 0.256 e. The number of amides is 2. The van der Waals surface area contributed by atoms with Crippen LogP contribution in [0.15, 0.2) is 24.3 Å². The molecule has 0 saturated carbocycles. The Labute approximate surface area is 152 Å². The van der Waals surface area contributed by atoms with Crippen LogP contribution in [0, 0.1) is 12.8 Å². The molecule has 2 aromatic rings. The number of carbonyl (C=O) groups excluding carboxylic acids is 2. The van der Waals surface area contributed by atoms with E-state index in [-0.39, 0.29) is 5.91 Å². The third kappa shape index (κ3) is 3.76. The molecule has 0 spiro atoms. The minimum Gasteiger partial charge on any atom is -0.365 e. The van der Waals surface area contributed by atoms with E-state index in [0.717, 1.165) is 30.4 Å². The Kier molecular flexibility index (Phi) is 5.23. The molecule has 5 heteroatoms. The first-order valence-electron chi connectivity index (χ1n) is 8.82. The second-order valence-electron chi connectivity index (χ2n) is 6.79. The molecule has 0 bridgehead atoms. The molecule has 1 aliphatic rings. The molecule has 0 radical (unpaired) electrons. The molecule has 1 atom stereocenters. The molecule has 4 nitrogen and oxygen atoms in total. The van der Waals surface area contributed by atoms with E-state index in [1.54, 1.807) is 12.1 Å². The quantitative estimate of drug-likeness (QED) is 0.838. The van der Waals surface area contributed by atoms with Crippen LogP contribution in [-0.2, 0) is 12.8 Å². The summed E-state index contributed by atoms with van der Waals surface area (Å²) in [6.07, 6.45) is 5.31. The fraction of sp³-hybridized carbons (Fsp3) is 0.400. The van der Waals surface area contributed by atoms with E-state index in [9.17, 15) is 9.59 Å². The molecule has 132 valence electrons. The lowest BCUT2D eigenvalue weighted by Crippen LogP contribution is -2.20. The molecule has 1 aromatic carbocycles. The van der Waals surface area contributed by atoms with Crippen molar-refractivity contribution < 1.29 is 9.59 Å². The number of rotatable bonds is 5. The lowest BCUT2D eigenvalue weighted by Gasteiger charge is -2.21. The summed E-state index contributed by atoms with van der Waals surface area (Å²) in [7, 11) is 0. The molecular formula is C20H24N2O2S. The van der Waals surface area contributed by atoms with Gasteiger partial charge in [0.2, 0.25) is 0 Å². The number of anilines is 1. The second kappa shape index (κ2) is 7.40. The molecule has 25 heavy (non-hydrogen) atoms. The van der Waals surface area contributed by atoms with Crippen LogP contribution >= 0.6 is 11.3 Å². The summed E-state index contributed by atoms with van der Waals surface area (Å²) >= 11 is 1.51. The van der Waals surface area contributed by atoms with Gasteiger partial charge in [0.25, 0.3) is 11.8 Å². The number of carbonyl (C=O) groups is 2. The van der Waals surface area contributed by atoms with E-state index in [2.05, 4.69) is 12.2 Å². The summed E-state index contributed by atoms with van der Waals surface area (Å²) in [6.45, 7) is 4.18. The van der Waals surface area contributed by atoms with Crippen LogP contribution in [0.3, 0.4) is 0 Å². The number of aryl methyl sites for hydroxylation is 1. The van der Waals surface area contributed by atoms with Crippen molar-refractivity contribution in [2.75, 3.05) is 5.32 Å². The Morgan fingerprint density at radius 1 is 1.28 bits per heavy atom. The molecule has 0 aliphatic heterocycles. The van der Waals surface area contributed by atoms with E-state index < -0.39 is 5.91 Å². The zero-order chi connectivity index (χ0) is 18.0. The van der Waals surface area contributed by atoms with E-state index in [1.807, 2.05) is 19.1 Å². The van der Waals surface area contributed by atoms with Gasteiger partial charge in [-0.05, 0) is 49.8 Å². The van der Waals surface area contributed by atoms with Crippen molar-refractivity contribution in [1.82, 2.24) is 0 Å². The maximum atomic E-state index is 12.5. The Morgan fingerprint density at radius 2 is 2.00 bits per heavy atom. The van der Waals surface area contributed by atoms with Crippen molar-refractivity contribution in [2.45, 2.75) is 46.0 Å². The molecule has 1 aromatic heterocycles. The van der Waals surface area contributed by atoms with Gasteiger partial charge in [0.15, 0.2) is 0 Å². The summed E-state index contributed by atoms with van der Waals surface area (Å²) in [5, 5.41) is 3.51. The lowest BCUT2D eigenvalue weighted by molar-refractivity contribution is 0.1000. The molecule has 3 N–H and O–H groups in total. The number of benzene rings is 1. The fourth-order valence-corrected chi connectivity index (χ4v) is 4.90. The SMILES string of the molecule is CCCC1CCc2c(sc(NC(=O)c3ccc(C)cc3)c2C(N)=O)C1. The maximum absolute atomic E-state index is 12.5. The summed E-state index contributed by atoms with van der Waals surface area (Å²) in [5.74, 6) is 0.00868. The van der Waals surface area contributed by atoms with Gasteiger partial charge in [-0.1, -0.05) is 37.5 Å². The minimum atomic E-state index is -0.453. The summed E-state index contributed by atoms with van der Waals surface area (Å²) in [5.41, 5.74) is 8.86. The van der Waals surface area contributed by atoms with Crippen molar-refractivity contribution in [3.05, 3.63) is 51.4 Å². The zero-order valence-corrected chi connectivity index (χ0v) is 15.5. The van der Waals surface area contributed by atoms with Gasteiger partial charge in [-0.25, -0.2) is 0 Å². The van der Waals surface area contributed by atoms with Gasteiger partial charge in [0.05, 0.1) is 5.56 Å². The predicted octanol–water partition coefficient (Wildman–Crippen LogP) is 4.31. The highest BCUT2D eigenvalue weighted by molar-refractivity contribution is 7.17. The summed E-state index contributed by atoms with van der Waals surface area (Å²) in [4.78, 5) is 25.7. The van der Waals surface area contributed by atoms with Gasteiger partial charge >= 0.3 is 0 Å². The molecule has 1 unspecified atom stereocenters. The third-order valence-corrected chi connectivity index (χ3v) is 6.02. The van der Waals surface area contributed by atoms with Crippen molar-refractivity contribution in [2.24, 2.45) is 11.7 Å². The highest BCUT2D eigenvalue weighted by Gasteiger charge is 2.28. The average Bonchev–Trinajstić information content (AvgIpc) is 2.92. The molecule has 1 heterocycles. The van der Waals surface area contributed by atoms with E-state index in [1.165, 1.54) is 29.1 Å². The number of primary amides is 1. The molecule has 0 saturated heterocycles. The normalized spacial score (nSPS) is 16.3. The minimum absolute atomic E-state index is 0.203. The zero-order valence-electron chi connectivity index (χ0n) is 14.7. The first-order valence-corrected chi connectivity index (χ1v) is 9.63. The van der Waals surface area contributed by atoms with Crippen LogP contribution in [0.1, 0.15) is 62.9 Å². The van der Waals surface area contributed by atoms with Gasteiger partial charge in [0, 0.05) is 10.4 Å². The van der Waals surface area contributed by atoms with Crippen molar-refractivity contribution >= 4 is 28.2 Å². The van der Waals surface area contributed by atoms with Crippen LogP contribution in [0.25, 0.3) is 0 Å². The van der Waals surface area contributed by atoms with E-state index >= 15 is 0 Å². The first-order chi connectivity index (χ1) is 12.0. The Balaban J connectivity index is 1.87. The van der Waals surface area contributed by atoms with Crippen LogP contribution in [0.4, 0.5) is 5.00 Å². The fourth-order valence-electron chi connectivity index (χ4n) is 3.54. The molecule has 1 aliphatic carbocycles. The van der Waals surface area contributed by atoms with E-state index in [4.69, 9.17) is 5.73 Å². The van der Waals surface area contributed by atoms with Crippen LogP contribution in [-0.4, -0.2) is 11.8 Å². The summed E-state index contributed by atoms with van der Waals surface area (Å²) < 4.78 is 0. The predicted molar refractivity (Wildman–Crippen MR) is 102 cm³/mol. The monoisotopic (exact) mass is 356 g/mol. The molecule has 2 amide bonds. The average molecular weight is 356 g/mol. The Hall–Kier alpha value is -2.14. The van der Waals surface area contributed by atoms with Gasteiger partial charge in [0.1, 0.15) is 5.00 Å². The number of hydrogen-bond acceptors (Lipinski definition) is 3. The van der Waals surface area contributed by atoms with Gasteiger partial charge in [-0.15, -0.1) is 11.3 Å². The van der Waals surface area contributed by atoms with Crippen LogP contribution in [0.5, 0.6) is 0 Å². The van der Waals surface area contributed by atoms with Crippen molar-refractivity contribution in [3.63, 3.8) is 0 Å². The molecular weight excluding hydrogens is 332 g/mol. The standard InChI is InChI=1S/C20H24N2O2S/c1-3-4-13-7-10-15-16(11-13)25-20(17(15)18(21)23)22-19(24)14-8-5-12(2)6-9-14/h5-6,8-9,13H,3-4,7,10-11H2,1-2H3,(H2,21,23)(H,22,24). The van der Waals surface area contributed by atoms with Crippen molar-refractivity contribution in [3.8, 4) is 0 Å². The van der Waals surface area contributed by atoms with Crippen molar-refractivity contribution in [1.29, 1.82) is 0 Å². The third-order valence-electron chi connectivity index (χ3n) is 4.85. The van der Waals surface area contributed by atoms with Crippen LogP contribution in [0.2, 0.25) is 0 Å². The number of thiophene rings is 1.